The summed E-state index contributed by atoms with van der Waals surface area (Å²) < 4.78 is 12.1. The summed E-state index contributed by atoms with van der Waals surface area (Å²) in [6.45, 7) is 22.6. The van der Waals surface area contributed by atoms with E-state index in [0.29, 0.717) is 0 Å². The Morgan fingerprint density at radius 2 is 1.56 bits per heavy atom. The predicted molar refractivity (Wildman–Crippen MR) is 75.9 cm³/mol. The van der Waals surface area contributed by atoms with Crippen LogP contribution >= 0.6 is 0 Å². The van der Waals surface area contributed by atoms with Crippen LogP contribution in [0.1, 0.15) is 20.8 Å². The van der Waals surface area contributed by atoms with Crippen LogP contribution in [0.3, 0.4) is 0 Å². The molecule has 0 aromatic heterocycles. The Balaban J connectivity index is 4.75. The highest BCUT2D eigenvalue weighted by Gasteiger charge is 2.37. The molecule has 0 saturated carbocycles. The SMILES string of the molecule is C=C[Si](C)(OC(=C)C(C)(C)C)O[Si](C)(C)C. The van der Waals surface area contributed by atoms with Crippen molar-refractivity contribution in [3.8, 4) is 0 Å². The minimum absolute atomic E-state index is 0.0555. The van der Waals surface area contributed by atoms with Gasteiger partial charge in [-0.1, -0.05) is 27.4 Å². The largest absolute Gasteiger partial charge is 0.522 e. The first kappa shape index (κ1) is 15.7. The van der Waals surface area contributed by atoms with Crippen LogP contribution in [0.5, 0.6) is 0 Å². The molecule has 0 aliphatic carbocycles. The summed E-state index contributed by atoms with van der Waals surface area (Å²) in [5.41, 5.74) is 1.78. The van der Waals surface area contributed by atoms with Gasteiger partial charge in [0.1, 0.15) is 0 Å². The van der Waals surface area contributed by atoms with Crippen LogP contribution in [0.4, 0.5) is 0 Å². The molecule has 94 valence electrons. The van der Waals surface area contributed by atoms with Gasteiger partial charge in [-0.3, -0.25) is 0 Å². The third-order valence-corrected chi connectivity index (χ3v) is 7.51. The van der Waals surface area contributed by atoms with E-state index >= 15 is 0 Å². The van der Waals surface area contributed by atoms with Gasteiger partial charge in [0.25, 0.3) is 0 Å². The Morgan fingerprint density at radius 1 is 1.12 bits per heavy atom. The van der Waals surface area contributed by atoms with Crippen molar-refractivity contribution >= 4 is 16.9 Å². The number of rotatable bonds is 5. The van der Waals surface area contributed by atoms with Crippen LogP contribution < -0.4 is 0 Å². The van der Waals surface area contributed by atoms with E-state index in [2.05, 4.69) is 53.6 Å². The highest BCUT2D eigenvalue weighted by Crippen LogP contribution is 2.29. The molecule has 0 bridgehead atoms. The Morgan fingerprint density at radius 3 is 1.81 bits per heavy atom. The molecule has 0 fully saturated rings. The number of hydrogen-bond donors (Lipinski definition) is 0. The van der Waals surface area contributed by atoms with E-state index in [1.807, 2.05) is 12.2 Å². The molecular formula is C12H26O2Si2. The predicted octanol–water partition coefficient (Wildman–Crippen LogP) is 4.21. The van der Waals surface area contributed by atoms with E-state index < -0.39 is 16.9 Å². The van der Waals surface area contributed by atoms with Crippen LogP contribution in [-0.2, 0) is 8.54 Å². The van der Waals surface area contributed by atoms with Crippen LogP contribution in [0.2, 0.25) is 26.2 Å². The molecule has 16 heavy (non-hydrogen) atoms. The highest BCUT2D eigenvalue weighted by atomic mass is 28.4. The van der Waals surface area contributed by atoms with E-state index in [-0.39, 0.29) is 5.41 Å². The molecule has 4 heteroatoms. The first-order valence-corrected chi connectivity index (χ1v) is 11.4. The van der Waals surface area contributed by atoms with Gasteiger partial charge in [-0.15, -0.1) is 6.58 Å². The van der Waals surface area contributed by atoms with Gasteiger partial charge >= 0.3 is 8.56 Å². The Kier molecular flexibility index (Phi) is 4.80. The molecule has 0 rings (SSSR count). The van der Waals surface area contributed by atoms with Gasteiger partial charge in [-0.25, -0.2) is 0 Å². The monoisotopic (exact) mass is 258 g/mol. The van der Waals surface area contributed by atoms with Gasteiger partial charge in [-0.05, 0) is 31.9 Å². The average molecular weight is 259 g/mol. The van der Waals surface area contributed by atoms with E-state index in [0.717, 1.165) is 5.76 Å². The zero-order valence-corrected chi connectivity index (χ0v) is 13.8. The number of allylic oxidation sites excluding steroid dienone is 1. The minimum atomic E-state index is -2.31. The molecule has 0 aliphatic rings. The molecule has 0 aromatic rings. The Labute approximate surface area is 103 Å². The molecule has 0 aliphatic heterocycles. The lowest BCUT2D eigenvalue weighted by Gasteiger charge is -2.35. The topological polar surface area (TPSA) is 18.5 Å². The molecule has 0 amide bonds. The Bertz CT molecular complexity index is 274. The maximum Gasteiger partial charge on any atom is 0.411 e. The second-order valence-electron chi connectivity index (χ2n) is 6.21. The van der Waals surface area contributed by atoms with Crippen molar-refractivity contribution in [1.29, 1.82) is 0 Å². The first-order valence-electron chi connectivity index (χ1n) is 5.62. The lowest BCUT2D eigenvalue weighted by Crippen LogP contribution is -2.46. The fraction of sp³-hybridized carbons (Fsp3) is 0.667. The van der Waals surface area contributed by atoms with Gasteiger partial charge in [0.2, 0.25) is 0 Å². The lowest BCUT2D eigenvalue weighted by atomic mass is 9.95. The fourth-order valence-corrected chi connectivity index (χ4v) is 7.35. The van der Waals surface area contributed by atoms with Gasteiger partial charge in [-0.2, -0.15) is 0 Å². The summed E-state index contributed by atoms with van der Waals surface area (Å²) >= 11 is 0. The third-order valence-electron chi connectivity index (χ3n) is 2.04. The molecule has 0 aromatic carbocycles. The smallest absolute Gasteiger partial charge is 0.411 e. The van der Waals surface area contributed by atoms with Gasteiger partial charge in [0.15, 0.2) is 8.32 Å². The molecular weight excluding hydrogens is 232 g/mol. The maximum absolute atomic E-state index is 6.12. The maximum atomic E-state index is 6.12. The van der Waals surface area contributed by atoms with Crippen molar-refractivity contribution in [3.63, 3.8) is 0 Å². The number of hydrogen-bond acceptors (Lipinski definition) is 2. The fourth-order valence-electron chi connectivity index (χ4n) is 1.11. The van der Waals surface area contributed by atoms with Crippen LogP contribution in [-0.4, -0.2) is 16.9 Å². The van der Waals surface area contributed by atoms with E-state index in [9.17, 15) is 0 Å². The van der Waals surface area contributed by atoms with E-state index in [4.69, 9.17) is 8.54 Å². The van der Waals surface area contributed by atoms with E-state index in [1.54, 1.807) is 0 Å². The van der Waals surface area contributed by atoms with Crippen molar-refractivity contribution in [3.05, 3.63) is 24.6 Å². The molecule has 1 unspecified atom stereocenters. The van der Waals surface area contributed by atoms with Gasteiger partial charge in [0.05, 0.1) is 5.76 Å². The third kappa shape index (κ3) is 5.67. The van der Waals surface area contributed by atoms with Crippen molar-refractivity contribution < 1.29 is 8.54 Å². The molecule has 0 heterocycles. The van der Waals surface area contributed by atoms with Crippen molar-refractivity contribution in [1.82, 2.24) is 0 Å². The average Bonchev–Trinajstić information content (AvgIpc) is 1.98. The quantitative estimate of drug-likeness (QED) is 0.543. The summed E-state index contributed by atoms with van der Waals surface area (Å²) in [4.78, 5) is 0. The van der Waals surface area contributed by atoms with Crippen molar-refractivity contribution in [2.24, 2.45) is 5.41 Å². The van der Waals surface area contributed by atoms with Gasteiger partial charge in [0, 0.05) is 5.41 Å². The zero-order valence-electron chi connectivity index (χ0n) is 11.8. The summed E-state index contributed by atoms with van der Waals surface area (Å²) in [5.74, 6) is 0.778. The van der Waals surface area contributed by atoms with Crippen LogP contribution in [0, 0.1) is 5.41 Å². The standard InChI is InChI=1S/C12H26O2Si2/c1-10-16(9,14-15(6,7)8)13-11(2)12(3,4)5/h10H,1-2H2,3-9H3. The Hall–Kier alpha value is -0.326. The second kappa shape index (κ2) is 4.90. The van der Waals surface area contributed by atoms with Crippen LogP contribution in [0.15, 0.2) is 24.6 Å². The second-order valence-corrected chi connectivity index (χ2v) is 13.9. The van der Waals surface area contributed by atoms with E-state index in [1.165, 1.54) is 0 Å². The lowest BCUT2D eigenvalue weighted by molar-refractivity contribution is 0.250. The molecule has 0 N–H and O–H groups in total. The normalized spacial score (nSPS) is 16.4. The van der Waals surface area contributed by atoms with Crippen molar-refractivity contribution in [2.75, 3.05) is 0 Å². The van der Waals surface area contributed by atoms with Gasteiger partial charge < -0.3 is 8.54 Å². The summed E-state index contributed by atoms with van der Waals surface area (Å²) in [5, 5.41) is 0. The summed E-state index contributed by atoms with van der Waals surface area (Å²) in [6, 6.07) is 0. The molecule has 0 radical (unpaired) electrons. The van der Waals surface area contributed by atoms with Crippen LogP contribution in [0.25, 0.3) is 0 Å². The molecule has 0 spiro atoms. The first-order chi connectivity index (χ1) is 6.90. The molecule has 0 saturated heterocycles. The molecule has 1 atom stereocenters. The minimum Gasteiger partial charge on any atom is -0.522 e. The summed E-state index contributed by atoms with van der Waals surface area (Å²) in [7, 11) is -3.92. The highest BCUT2D eigenvalue weighted by molar-refractivity contribution is 6.84. The summed E-state index contributed by atoms with van der Waals surface area (Å²) in [6.07, 6.45) is 0. The molecule has 2 nitrogen and oxygen atoms in total. The van der Waals surface area contributed by atoms with Crippen molar-refractivity contribution in [2.45, 2.75) is 47.0 Å². The zero-order chi connectivity index (χ0) is 13.2.